The van der Waals surface area contributed by atoms with Crippen LogP contribution in [-0.2, 0) is 14.3 Å². The third-order valence-corrected chi connectivity index (χ3v) is 3.73. The molecular weight excluding hydrogens is 342 g/mol. The Morgan fingerprint density at radius 2 is 1.76 bits per heavy atom. The van der Waals surface area contributed by atoms with E-state index in [2.05, 4.69) is 5.32 Å². The molecule has 6 heteroatoms. The second-order valence-electron chi connectivity index (χ2n) is 5.48. The molecule has 130 valence electrons. The van der Waals surface area contributed by atoms with Gasteiger partial charge in [-0.05, 0) is 24.6 Å². The van der Waals surface area contributed by atoms with Crippen LogP contribution in [0, 0.1) is 6.92 Å². The maximum absolute atomic E-state index is 11.9. The van der Waals surface area contributed by atoms with E-state index in [9.17, 15) is 14.4 Å². The lowest BCUT2D eigenvalue weighted by atomic mass is 10.1. The smallest absolute Gasteiger partial charge is 0.306 e. The van der Waals surface area contributed by atoms with Crippen LogP contribution in [-0.4, -0.2) is 24.3 Å². The van der Waals surface area contributed by atoms with Gasteiger partial charge in [-0.2, -0.15) is 0 Å². The van der Waals surface area contributed by atoms with Gasteiger partial charge in [0.1, 0.15) is 0 Å². The lowest BCUT2D eigenvalue weighted by molar-refractivity contribution is -0.147. The number of aryl methyl sites for hydroxylation is 1. The van der Waals surface area contributed by atoms with Crippen LogP contribution in [0.4, 0.5) is 5.69 Å². The number of nitrogens with one attached hydrogen (secondary N) is 1. The highest BCUT2D eigenvalue weighted by atomic mass is 35.5. The van der Waals surface area contributed by atoms with Crippen LogP contribution in [0.25, 0.3) is 0 Å². The maximum Gasteiger partial charge on any atom is 0.306 e. The van der Waals surface area contributed by atoms with Crippen molar-refractivity contribution in [3.63, 3.8) is 0 Å². The van der Waals surface area contributed by atoms with Crippen LogP contribution in [0.15, 0.2) is 48.5 Å². The minimum Gasteiger partial charge on any atom is -0.456 e. The molecule has 1 amide bonds. The fraction of sp³-hybridized carbons (Fsp3) is 0.211. The van der Waals surface area contributed by atoms with Gasteiger partial charge in [-0.15, -0.1) is 0 Å². The highest BCUT2D eigenvalue weighted by Gasteiger charge is 2.12. The molecule has 2 aromatic rings. The molecular formula is C19H18ClNO4. The lowest BCUT2D eigenvalue weighted by Crippen LogP contribution is -2.21. The fourth-order valence-corrected chi connectivity index (χ4v) is 2.39. The van der Waals surface area contributed by atoms with E-state index in [1.54, 1.807) is 36.4 Å². The standard InChI is InChI=1S/C19H18ClNO4/c1-13-7-8-16(15(20)11-13)21-18(23)12-25-19(24)10-9-17(22)14-5-3-2-4-6-14/h2-8,11H,9-10,12H2,1H3,(H,21,23). The number of Topliss-reactive ketones (excluding diaryl/α,β-unsaturated/α-hetero) is 1. The first-order chi connectivity index (χ1) is 12.0. The van der Waals surface area contributed by atoms with E-state index in [0.717, 1.165) is 5.56 Å². The Balaban J connectivity index is 1.74. The van der Waals surface area contributed by atoms with Gasteiger partial charge in [0.15, 0.2) is 12.4 Å². The van der Waals surface area contributed by atoms with E-state index in [1.807, 2.05) is 19.1 Å². The summed E-state index contributed by atoms with van der Waals surface area (Å²) in [6.07, 6.45) is -0.0411. The lowest BCUT2D eigenvalue weighted by Gasteiger charge is -2.08. The molecule has 0 radical (unpaired) electrons. The number of esters is 1. The first kappa shape index (κ1) is 18.7. The number of hydrogen-bond acceptors (Lipinski definition) is 4. The molecule has 0 saturated carbocycles. The van der Waals surface area contributed by atoms with Crippen LogP contribution < -0.4 is 5.32 Å². The molecule has 0 spiro atoms. The van der Waals surface area contributed by atoms with Gasteiger partial charge in [0.25, 0.3) is 5.91 Å². The van der Waals surface area contributed by atoms with E-state index in [0.29, 0.717) is 16.3 Å². The van der Waals surface area contributed by atoms with E-state index < -0.39 is 18.5 Å². The Labute approximate surface area is 150 Å². The molecule has 2 aromatic carbocycles. The summed E-state index contributed by atoms with van der Waals surface area (Å²) in [4.78, 5) is 35.4. The third-order valence-electron chi connectivity index (χ3n) is 3.41. The molecule has 0 unspecified atom stereocenters. The van der Waals surface area contributed by atoms with Crippen molar-refractivity contribution in [2.45, 2.75) is 19.8 Å². The molecule has 0 heterocycles. The zero-order chi connectivity index (χ0) is 18.2. The molecule has 0 aromatic heterocycles. The minimum absolute atomic E-state index is 0.0360. The van der Waals surface area contributed by atoms with Crippen LogP contribution >= 0.6 is 11.6 Å². The first-order valence-electron chi connectivity index (χ1n) is 7.75. The van der Waals surface area contributed by atoms with Gasteiger partial charge in [-0.25, -0.2) is 0 Å². The van der Waals surface area contributed by atoms with E-state index in [-0.39, 0.29) is 18.6 Å². The van der Waals surface area contributed by atoms with Crippen LogP contribution in [0.1, 0.15) is 28.8 Å². The SMILES string of the molecule is Cc1ccc(NC(=O)COC(=O)CCC(=O)c2ccccc2)c(Cl)c1. The molecule has 25 heavy (non-hydrogen) atoms. The maximum atomic E-state index is 11.9. The number of hydrogen-bond donors (Lipinski definition) is 1. The number of benzene rings is 2. The van der Waals surface area contributed by atoms with Gasteiger partial charge < -0.3 is 10.1 Å². The molecule has 2 rings (SSSR count). The summed E-state index contributed by atoms with van der Waals surface area (Å²) in [5.74, 6) is -1.24. The van der Waals surface area contributed by atoms with Crippen molar-refractivity contribution in [1.29, 1.82) is 0 Å². The molecule has 0 bridgehead atoms. The number of carbonyl (C=O) groups is 3. The molecule has 0 fully saturated rings. The molecule has 1 N–H and O–H groups in total. The van der Waals surface area contributed by atoms with Crippen molar-refractivity contribution in [2.24, 2.45) is 0 Å². The number of ketones is 1. The predicted molar refractivity (Wildman–Crippen MR) is 95.8 cm³/mol. The van der Waals surface area contributed by atoms with Crippen molar-refractivity contribution in [2.75, 3.05) is 11.9 Å². The van der Waals surface area contributed by atoms with Crippen molar-refractivity contribution >= 4 is 34.9 Å². The average molecular weight is 360 g/mol. The number of amides is 1. The summed E-state index contributed by atoms with van der Waals surface area (Å²) in [6.45, 7) is 1.46. The van der Waals surface area contributed by atoms with Gasteiger partial charge in [0.2, 0.25) is 0 Å². The van der Waals surface area contributed by atoms with Gasteiger partial charge in [-0.1, -0.05) is 48.0 Å². The van der Waals surface area contributed by atoms with Crippen molar-refractivity contribution in [3.8, 4) is 0 Å². The Hall–Kier alpha value is -2.66. The Morgan fingerprint density at radius 3 is 2.44 bits per heavy atom. The van der Waals surface area contributed by atoms with Gasteiger partial charge in [0, 0.05) is 12.0 Å². The molecule has 5 nitrogen and oxygen atoms in total. The Kier molecular flexibility index (Phi) is 6.71. The van der Waals surface area contributed by atoms with Crippen LogP contribution in [0.2, 0.25) is 5.02 Å². The van der Waals surface area contributed by atoms with E-state index in [4.69, 9.17) is 16.3 Å². The zero-order valence-corrected chi connectivity index (χ0v) is 14.5. The zero-order valence-electron chi connectivity index (χ0n) is 13.8. The quantitative estimate of drug-likeness (QED) is 0.603. The summed E-state index contributed by atoms with van der Waals surface area (Å²) < 4.78 is 4.88. The van der Waals surface area contributed by atoms with E-state index in [1.165, 1.54) is 0 Å². The fourth-order valence-electron chi connectivity index (χ4n) is 2.11. The van der Waals surface area contributed by atoms with Crippen molar-refractivity contribution in [3.05, 3.63) is 64.7 Å². The summed E-state index contributed by atoms with van der Waals surface area (Å²) >= 11 is 6.02. The highest BCUT2D eigenvalue weighted by Crippen LogP contribution is 2.22. The highest BCUT2D eigenvalue weighted by molar-refractivity contribution is 6.33. The van der Waals surface area contributed by atoms with Crippen molar-refractivity contribution < 1.29 is 19.1 Å². The normalized spacial score (nSPS) is 10.2. The number of rotatable bonds is 7. The summed E-state index contributed by atoms with van der Waals surface area (Å²) in [7, 11) is 0. The summed E-state index contributed by atoms with van der Waals surface area (Å²) in [5.41, 5.74) is 1.96. The predicted octanol–water partition coefficient (Wildman–Crippen LogP) is 3.79. The third kappa shape index (κ3) is 6.04. The van der Waals surface area contributed by atoms with E-state index >= 15 is 0 Å². The average Bonchev–Trinajstić information content (AvgIpc) is 2.61. The van der Waals surface area contributed by atoms with Crippen LogP contribution in [0.3, 0.4) is 0 Å². The minimum atomic E-state index is -0.602. The Bertz CT molecular complexity index is 774. The molecule has 0 atom stereocenters. The van der Waals surface area contributed by atoms with Gasteiger partial charge in [-0.3, -0.25) is 14.4 Å². The number of halogens is 1. The molecule has 0 saturated heterocycles. The monoisotopic (exact) mass is 359 g/mol. The Morgan fingerprint density at radius 1 is 1.04 bits per heavy atom. The van der Waals surface area contributed by atoms with Gasteiger partial charge >= 0.3 is 5.97 Å². The van der Waals surface area contributed by atoms with Crippen LogP contribution in [0.5, 0.6) is 0 Å². The molecule has 0 aliphatic carbocycles. The number of carbonyl (C=O) groups excluding carboxylic acids is 3. The number of ether oxygens (including phenoxy) is 1. The first-order valence-corrected chi connectivity index (χ1v) is 8.13. The number of anilines is 1. The second-order valence-corrected chi connectivity index (χ2v) is 5.89. The van der Waals surface area contributed by atoms with Crippen molar-refractivity contribution in [1.82, 2.24) is 0 Å². The summed E-state index contributed by atoms with van der Waals surface area (Å²) in [6, 6.07) is 13.9. The topological polar surface area (TPSA) is 72.5 Å². The molecule has 0 aliphatic heterocycles. The largest absolute Gasteiger partial charge is 0.456 e. The second kappa shape index (κ2) is 8.99. The summed E-state index contributed by atoms with van der Waals surface area (Å²) in [5, 5.41) is 2.98. The molecule has 0 aliphatic rings. The van der Waals surface area contributed by atoms with Gasteiger partial charge in [0.05, 0.1) is 17.1 Å².